The molecule has 1 atom stereocenters. The maximum Gasteiger partial charge on any atom is 0.109 e. The number of benzene rings is 1. The molecule has 1 aromatic carbocycles. The van der Waals surface area contributed by atoms with Crippen molar-refractivity contribution in [3.8, 4) is 0 Å². The van der Waals surface area contributed by atoms with Gasteiger partial charge in [-0.15, -0.1) is 0 Å². The van der Waals surface area contributed by atoms with Gasteiger partial charge in [0, 0.05) is 25.1 Å². The molecule has 0 amide bonds. The average Bonchev–Trinajstić information content (AvgIpc) is 2.34. The molecule has 2 aromatic rings. The molecule has 0 spiro atoms. The number of pyridine rings is 1. The zero-order valence-corrected chi connectivity index (χ0v) is 9.55. The van der Waals surface area contributed by atoms with Gasteiger partial charge in [-0.3, -0.25) is 4.98 Å². The first-order valence-electron chi connectivity index (χ1n) is 5.30. The second kappa shape index (κ2) is 4.90. The third-order valence-electron chi connectivity index (χ3n) is 2.60. The number of hydrogen-bond donors (Lipinski definition) is 0. The lowest BCUT2D eigenvalue weighted by Gasteiger charge is -2.15. The van der Waals surface area contributed by atoms with E-state index in [1.54, 1.807) is 13.3 Å². The Kier molecular flexibility index (Phi) is 3.32. The van der Waals surface area contributed by atoms with Gasteiger partial charge in [0.25, 0.3) is 0 Å². The summed E-state index contributed by atoms with van der Waals surface area (Å²) in [7, 11) is 1.72. The van der Waals surface area contributed by atoms with Gasteiger partial charge < -0.3 is 4.74 Å². The van der Waals surface area contributed by atoms with Crippen LogP contribution in [0.25, 0.3) is 0 Å². The van der Waals surface area contributed by atoms with Crippen molar-refractivity contribution in [2.45, 2.75) is 13.0 Å². The molecular weight excluding hydrogens is 198 g/mol. The van der Waals surface area contributed by atoms with Gasteiger partial charge >= 0.3 is 0 Å². The van der Waals surface area contributed by atoms with Crippen molar-refractivity contribution in [1.82, 2.24) is 4.98 Å². The highest BCUT2D eigenvalue weighted by Gasteiger charge is 2.12. The molecule has 0 saturated carbocycles. The van der Waals surface area contributed by atoms with Crippen molar-refractivity contribution in [2.75, 3.05) is 7.11 Å². The molecule has 82 valence electrons. The van der Waals surface area contributed by atoms with Gasteiger partial charge in [-0.1, -0.05) is 35.9 Å². The van der Waals surface area contributed by atoms with Gasteiger partial charge in [-0.25, -0.2) is 0 Å². The van der Waals surface area contributed by atoms with Crippen LogP contribution in [0.4, 0.5) is 0 Å². The Morgan fingerprint density at radius 2 is 1.81 bits per heavy atom. The summed E-state index contributed by atoms with van der Waals surface area (Å²) in [4.78, 5) is 4.12. The predicted octanol–water partition coefficient (Wildman–Crippen LogP) is 3.13. The minimum atomic E-state index is -0.0331. The first-order chi connectivity index (χ1) is 7.81. The fraction of sp³-hybridized carbons (Fsp3) is 0.214. The highest BCUT2D eigenvalue weighted by molar-refractivity contribution is 5.30. The molecule has 0 aliphatic heterocycles. The molecule has 16 heavy (non-hydrogen) atoms. The maximum atomic E-state index is 5.52. The topological polar surface area (TPSA) is 22.1 Å². The lowest BCUT2D eigenvalue weighted by atomic mass is 10.0. The number of ether oxygens (including phenoxy) is 1. The molecular formula is C14H15NO. The predicted molar refractivity (Wildman–Crippen MR) is 64.3 cm³/mol. The Hall–Kier alpha value is -1.67. The quantitative estimate of drug-likeness (QED) is 0.781. The molecule has 0 saturated heterocycles. The monoisotopic (exact) mass is 213 g/mol. The van der Waals surface area contributed by atoms with Crippen LogP contribution in [0.2, 0.25) is 0 Å². The standard InChI is InChI=1S/C14H15NO/c1-11-5-7-12(8-6-11)14(16-2)13-4-3-9-15-10-13/h3-10,14H,1-2H3. The lowest BCUT2D eigenvalue weighted by Crippen LogP contribution is -2.03. The number of methoxy groups -OCH3 is 1. The highest BCUT2D eigenvalue weighted by atomic mass is 16.5. The van der Waals surface area contributed by atoms with E-state index in [0.29, 0.717) is 0 Å². The van der Waals surface area contributed by atoms with Crippen molar-refractivity contribution in [3.05, 3.63) is 65.5 Å². The number of hydrogen-bond acceptors (Lipinski definition) is 2. The minimum Gasteiger partial charge on any atom is -0.372 e. The summed E-state index contributed by atoms with van der Waals surface area (Å²) in [5.74, 6) is 0. The molecule has 0 N–H and O–H groups in total. The molecule has 2 nitrogen and oxygen atoms in total. The lowest BCUT2D eigenvalue weighted by molar-refractivity contribution is 0.136. The van der Waals surface area contributed by atoms with Crippen LogP contribution in [0.1, 0.15) is 22.8 Å². The maximum absolute atomic E-state index is 5.52. The van der Waals surface area contributed by atoms with Gasteiger partial charge in [0.05, 0.1) is 0 Å². The zero-order valence-electron chi connectivity index (χ0n) is 9.55. The number of nitrogens with zero attached hydrogens (tertiary/aromatic N) is 1. The van der Waals surface area contributed by atoms with Crippen LogP contribution in [0.5, 0.6) is 0 Å². The Balaban J connectivity index is 2.33. The van der Waals surface area contributed by atoms with E-state index in [9.17, 15) is 0 Å². The van der Waals surface area contributed by atoms with E-state index >= 15 is 0 Å². The minimum absolute atomic E-state index is 0.0331. The van der Waals surface area contributed by atoms with E-state index in [-0.39, 0.29) is 6.10 Å². The van der Waals surface area contributed by atoms with E-state index in [1.807, 2.05) is 18.3 Å². The normalized spacial score (nSPS) is 12.4. The number of rotatable bonds is 3. The molecule has 1 unspecified atom stereocenters. The Morgan fingerprint density at radius 1 is 1.06 bits per heavy atom. The van der Waals surface area contributed by atoms with Crippen LogP contribution in [-0.4, -0.2) is 12.1 Å². The molecule has 0 aliphatic carbocycles. The highest BCUT2D eigenvalue weighted by Crippen LogP contribution is 2.24. The first kappa shape index (κ1) is 10.8. The molecule has 0 aliphatic rings. The van der Waals surface area contributed by atoms with Crippen LogP contribution in [0, 0.1) is 6.92 Å². The van der Waals surface area contributed by atoms with Crippen LogP contribution < -0.4 is 0 Å². The van der Waals surface area contributed by atoms with Crippen molar-refractivity contribution >= 4 is 0 Å². The number of aromatic nitrogens is 1. The Morgan fingerprint density at radius 3 is 2.38 bits per heavy atom. The first-order valence-corrected chi connectivity index (χ1v) is 5.30. The third kappa shape index (κ3) is 2.28. The van der Waals surface area contributed by atoms with Gasteiger partial charge in [0.2, 0.25) is 0 Å². The van der Waals surface area contributed by atoms with E-state index in [2.05, 4.69) is 36.2 Å². The average molecular weight is 213 g/mol. The van der Waals surface area contributed by atoms with Crippen LogP contribution in [0.15, 0.2) is 48.8 Å². The molecule has 2 rings (SSSR count). The van der Waals surface area contributed by atoms with Gasteiger partial charge in [0.15, 0.2) is 0 Å². The van der Waals surface area contributed by atoms with Crippen molar-refractivity contribution in [1.29, 1.82) is 0 Å². The molecule has 0 radical (unpaired) electrons. The summed E-state index contributed by atoms with van der Waals surface area (Å²) < 4.78 is 5.52. The number of aryl methyl sites for hydroxylation is 1. The van der Waals surface area contributed by atoms with Crippen molar-refractivity contribution < 1.29 is 4.74 Å². The summed E-state index contributed by atoms with van der Waals surface area (Å²) in [6.07, 6.45) is 3.58. The molecule has 1 heterocycles. The third-order valence-corrected chi connectivity index (χ3v) is 2.60. The smallest absolute Gasteiger partial charge is 0.109 e. The fourth-order valence-electron chi connectivity index (χ4n) is 1.74. The molecule has 0 fully saturated rings. The van der Waals surface area contributed by atoms with E-state index in [0.717, 1.165) is 11.1 Å². The van der Waals surface area contributed by atoms with E-state index in [4.69, 9.17) is 4.74 Å². The van der Waals surface area contributed by atoms with E-state index in [1.165, 1.54) is 5.56 Å². The largest absolute Gasteiger partial charge is 0.372 e. The SMILES string of the molecule is COC(c1ccc(C)cc1)c1cccnc1. The second-order valence-corrected chi connectivity index (χ2v) is 3.81. The van der Waals surface area contributed by atoms with Gasteiger partial charge in [0.1, 0.15) is 6.10 Å². The van der Waals surface area contributed by atoms with Crippen LogP contribution in [0.3, 0.4) is 0 Å². The summed E-state index contributed by atoms with van der Waals surface area (Å²) >= 11 is 0. The summed E-state index contributed by atoms with van der Waals surface area (Å²) in [6.45, 7) is 2.08. The Labute approximate surface area is 95.9 Å². The summed E-state index contributed by atoms with van der Waals surface area (Å²) in [5.41, 5.74) is 3.49. The molecule has 2 heteroatoms. The molecule has 0 bridgehead atoms. The van der Waals surface area contributed by atoms with E-state index < -0.39 is 0 Å². The fourth-order valence-corrected chi connectivity index (χ4v) is 1.74. The van der Waals surface area contributed by atoms with Gasteiger partial charge in [-0.05, 0) is 18.6 Å². The zero-order chi connectivity index (χ0) is 11.4. The van der Waals surface area contributed by atoms with Crippen LogP contribution in [-0.2, 0) is 4.74 Å². The van der Waals surface area contributed by atoms with Crippen molar-refractivity contribution in [3.63, 3.8) is 0 Å². The summed E-state index contributed by atoms with van der Waals surface area (Å²) in [6, 6.07) is 12.3. The van der Waals surface area contributed by atoms with Crippen LogP contribution >= 0.6 is 0 Å². The Bertz CT molecular complexity index is 436. The van der Waals surface area contributed by atoms with Crippen molar-refractivity contribution in [2.24, 2.45) is 0 Å². The second-order valence-electron chi connectivity index (χ2n) is 3.81. The molecule has 1 aromatic heterocycles. The van der Waals surface area contributed by atoms with Gasteiger partial charge in [-0.2, -0.15) is 0 Å². The summed E-state index contributed by atoms with van der Waals surface area (Å²) in [5, 5.41) is 0.